The zero-order chi connectivity index (χ0) is 29.8. The molecule has 0 aliphatic carbocycles. The predicted octanol–water partition coefficient (Wildman–Crippen LogP) is -1.80. The van der Waals surface area contributed by atoms with Crippen molar-refractivity contribution in [1.29, 1.82) is 0 Å². The molecule has 2 fully saturated rings. The van der Waals surface area contributed by atoms with Gasteiger partial charge in [-0.05, 0) is 50.6 Å². The summed E-state index contributed by atoms with van der Waals surface area (Å²) in [5, 5.41) is 20.6. The van der Waals surface area contributed by atoms with Crippen molar-refractivity contribution in [3.63, 3.8) is 0 Å². The molecule has 2 aliphatic rings. The van der Waals surface area contributed by atoms with Gasteiger partial charge in [0.25, 0.3) is 0 Å². The Hall–Kier alpha value is -4.20. The van der Waals surface area contributed by atoms with Gasteiger partial charge in [0.05, 0.1) is 12.6 Å². The Balaban J connectivity index is 1.63. The molecule has 4 amide bonds. The monoisotopic (exact) mass is 572 g/mol. The van der Waals surface area contributed by atoms with Crippen LogP contribution in [0.15, 0.2) is 35.3 Å². The van der Waals surface area contributed by atoms with Crippen molar-refractivity contribution in [1.82, 2.24) is 26.2 Å². The predicted molar refractivity (Wildman–Crippen MR) is 150 cm³/mol. The van der Waals surface area contributed by atoms with Gasteiger partial charge in [-0.1, -0.05) is 30.3 Å². The van der Waals surface area contributed by atoms with Crippen molar-refractivity contribution < 1.29 is 29.1 Å². The van der Waals surface area contributed by atoms with Crippen LogP contribution >= 0.6 is 0 Å². The molecule has 2 saturated heterocycles. The Kier molecular flexibility index (Phi) is 11.9. The molecule has 0 unspecified atom stereocenters. The normalized spacial score (nSPS) is 19.6. The van der Waals surface area contributed by atoms with E-state index in [0.29, 0.717) is 32.2 Å². The molecule has 2 aliphatic heterocycles. The van der Waals surface area contributed by atoms with Crippen LogP contribution in [-0.4, -0.2) is 95.9 Å². The Morgan fingerprint density at radius 2 is 1.80 bits per heavy atom. The number of likely N-dealkylation sites (tertiary alicyclic amines) is 1. The molecular formula is C27H40N8O6. The van der Waals surface area contributed by atoms with Gasteiger partial charge >= 0.3 is 5.97 Å². The average molecular weight is 573 g/mol. The highest BCUT2D eigenvalue weighted by Crippen LogP contribution is 2.19. The van der Waals surface area contributed by atoms with Crippen LogP contribution in [0.5, 0.6) is 0 Å². The molecule has 0 spiro atoms. The number of aliphatic imine (C=N–C) groups is 1. The van der Waals surface area contributed by atoms with Gasteiger partial charge in [-0.15, -0.1) is 0 Å². The fourth-order valence-corrected chi connectivity index (χ4v) is 5.03. The van der Waals surface area contributed by atoms with Gasteiger partial charge in [0, 0.05) is 19.5 Å². The van der Waals surface area contributed by atoms with Crippen LogP contribution in [0.2, 0.25) is 0 Å². The smallest absolute Gasteiger partial charge is 0.326 e. The molecule has 4 atom stereocenters. The summed E-state index contributed by atoms with van der Waals surface area (Å²) in [6.07, 6.45) is 3.21. The maximum atomic E-state index is 13.4. The zero-order valence-corrected chi connectivity index (χ0v) is 23.0. The minimum atomic E-state index is -1.09. The summed E-state index contributed by atoms with van der Waals surface area (Å²) in [7, 11) is 0. The highest BCUT2D eigenvalue weighted by Gasteiger charge is 2.37. The van der Waals surface area contributed by atoms with E-state index in [-0.39, 0.29) is 37.8 Å². The molecule has 14 nitrogen and oxygen atoms in total. The van der Waals surface area contributed by atoms with Crippen molar-refractivity contribution in [2.75, 3.05) is 26.2 Å². The third kappa shape index (κ3) is 9.74. The van der Waals surface area contributed by atoms with Crippen molar-refractivity contribution in [3.05, 3.63) is 35.9 Å². The standard InChI is InChI=1S/C27H40N8O6/c28-27(29)31-13-5-10-19(34-24(38)18-9-4-12-30-18)23(37)32-16-22(36)33-20(15-17-7-2-1-3-8-17)25(39)35-14-6-11-21(35)26(40)41/h1-3,7-8,18-21,30H,4-6,9-16H2,(H,32,37)(H,33,36)(H,34,38)(H,40,41)(H4,28,29,31)/t18-,19-,20-,21-/m0/s1. The lowest BCUT2D eigenvalue weighted by atomic mass is 10.0. The number of nitrogens with two attached hydrogens (primary N) is 2. The highest BCUT2D eigenvalue weighted by molar-refractivity contribution is 5.94. The molecule has 0 saturated carbocycles. The van der Waals surface area contributed by atoms with Crippen LogP contribution in [0.3, 0.4) is 0 Å². The van der Waals surface area contributed by atoms with Crippen LogP contribution in [-0.2, 0) is 30.4 Å². The number of hydrogen-bond acceptors (Lipinski definition) is 7. The Labute approximate surface area is 238 Å². The van der Waals surface area contributed by atoms with Gasteiger partial charge < -0.3 is 42.7 Å². The Morgan fingerprint density at radius 1 is 1.05 bits per heavy atom. The van der Waals surface area contributed by atoms with Crippen molar-refractivity contribution in [2.45, 2.75) is 69.1 Å². The van der Waals surface area contributed by atoms with E-state index >= 15 is 0 Å². The molecule has 0 radical (unpaired) electrons. The third-order valence-electron chi connectivity index (χ3n) is 7.12. The number of hydrogen-bond donors (Lipinski definition) is 7. The molecule has 0 aromatic heterocycles. The van der Waals surface area contributed by atoms with Gasteiger partial charge in [-0.25, -0.2) is 4.79 Å². The van der Waals surface area contributed by atoms with Crippen molar-refractivity contribution in [2.24, 2.45) is 16.5 Å². The molecule has 3 rings (SSSR count). The number of nitrogens with zero attached hydrogens (tertiary/aromatic N) is 2. The topological polar surface area (TPSA) is 221 Å². The SMILES string of the molecule is NC(N)=NCCC[C@H](NC(=O)[C@@H]1CCCN1)C(=O)NCC(=O)N[C@@H](Cc1ccccc1)C(=O)N1CCC[C@H]1C(=O)O. The van der Waals surface area contributed by atoms with Crippen LogP contribution < -0.4 is 32.7 Å². The van der Waals surface area contributed by atoms with Crippen LogP contribution in [0.25, 0.3) is 0 Å². The molecule has 0 bridgehead atoms. The number of carboxylic acids is 1. The fourth-order valence-electron chi connectivity index (χ4n) is 5.03. The number of carbonyl (C=O) groups is 5. The third-order valence-corrected chi connectivity index (χ3v) is 7.12. The summed E-state index contributed by atoms with van der Waals surface area (Å²) < 4.78 is 0. The summed E-state index contributed by atoms with van der Waals surface area (Å²) in [5.41, 5.74) is 11.5. The first kappa shape index (κ1) is 31.3. The maximum absolute atomic E-state index is 13.4. The van der Waals surface area contributed by atoms with E-state index in [4.69, 9.17) is 11.5 Å². The second-order valence-corrected chi connectivity index (χ2v) is 10.2. The second-order valence-electron chi connectivity index (χ2n) is 10.2. The number of rotatable bonds is 14. The van der Waals surface area contributed by atoms with E-state index in [1.54, 1.807) is 12.1 Å². The van der Waals surface area contributed by atoms with E-state index < -0.39 is 54.4 Å². The highest BCUT2D eigenvalue weighted by atomic mass is 16.4. The number of guanidine groups is 1. The number of benzene rings is 1. The number of carbonyl (C=O) groups excluding carboxylic acids is 4. The molecular weight excluding hydrogens is 532 g/mol. The minimum Gasteiger partial charge on any atom is -0.480 e. The summed E-state index contributed by atoms with van der Waals surface area (Å²) >= 11 is 0. The summed E-state index contributed by atoms with van der Waals surface area (Å²) in [6.45, 7) is 0.820. The summed E-state index contributed by atoms with van der Waals surface area (Å²) in [4.78, 5) is 68.8. The van der Waals surface area contributed by atoms with E-state index in [2.05, 4.69) is 26.3 Å². The molecule has 9 N–H and O–H groups in total. The number of nitrogens with one attached hydrogen (secondary N) is 4. The van der Waals surface area contributed by atoms with Gasteiger partial charge in [-0.3, -0.25) is 24.2 Å². The largest absolute Gasteiger partial charge is 0.480 e. The van der Waals surface area contributed by atoms with Crippen molar-refractivity contribution in [3.8, 4) is 0 Å². The van der Waals surface area contributed by atoms with E-state index in [9.17, 15) is 29.1 Å². The van der Waals surface area contributed by atoms with Crippen LogP contribution in [0.1, 0.15) is 44.1 Å². The van der Waals surface area contributed by atoms with Crippen LogP contribution in [0.4, 0.5) is 0 Å². The lowest BCUT2D eigenvalue weighted by molar-refractivity contribution is -0.149. The molecule has 1 aromatic rings. The molecule has 224 valence electrons. The molecule has 41 heavy (non-hydrogen) atoms. The molecule has 1 aromatic carbocycles. The minimum absolute atomic E-state index is 0.0786. The van der Waals surface area contributed by atoms with E-state index in [1.807, 2.05) is 18.2 Å². The van der Waals surface area contributed by atoms with Gasteiger partial charge in [0.1, 0.15) is 18.1 Å². The van der Waals surface area contributed by atoms with Crippen LogP contribution in [0, 0.1) is 0 Å². The Bertz CT molecular complexity index is 1100. The lowest BCUT2D eigenvalue weighted by Crippen LogP contribution is -2.55. The first-order valence-electron chi connectivity index (χ1n) is 13.9. The first-order chi connectivity index (χ1) is 19.7. The number of aliphatic carboxylic acids is 1. The van der Waals surface area contributed by atoms with Gasteiger partial charge in [-0.2, -0.15) is 0 Å². The Morgan fingerprint density at radius 3 is 2.46 bits per heavy atom. The quantitative estimate of drug-likeness (QED) is 0.0758. The van der Waals surface area contributed by atoms with E-state index in [1.165, 1.54) is 4.90 Å². The molecule has 14 heteroatoms. The second kappa shape index (κ2) is 15.6. The molecule has 2 heterocycles. The lowest BCUT2D eigenvalue weighted by Gasteiger charge is -2.27. The number of carboxylic acid groups (broad SMARTS) is 1. The summed E-state index contributed by atoms with van der Waals surface area (Å²) in [6, 6.07) is 5.76. The number of amides is 4. The zero-order valence-electron chi connectivity index (χ0n) is 23.0. The van der Waals surface area contributed by atoms with Gasteiger partial charge in [0.15, 0.2) is 5.96 Å². The van der Waals surface area contributed by atoms with Crippen molar-refractivity contribution >= 4 is 35.6 Å². The maximum Gasteiger partial charge on any atom is 0.326 e. The van der Waals surface area contributed by atoms with E-state index in [0.717, 1.165) is 12.0 Å². The fraction of sp³-hybridized carbons (Fsp3) is 0.556. The first-order valence-corrected chi connectivity index (χ1v) is 13.9. The average Bonchev–Trinajstić information content (AvgIpc) is 3.66. The van der Waals surface area contributed by atoms with Gasteiger partial charge in [0.2, 0.25) is 23.6 Å². The summed E-state index contributed by atoms with van der Waals surface area (Å²) in [5.74, 6) is -3.15.